The number of carbonyl (C=O) groups excluding carboxylic acids is 1. The molecule has 0 saturated heterocycles. The van der Waals surface area contributed by atoms with Crippen molar-refractivity contribution >= 4 is 17.4 Å². The molecule has 5 heteroatoms. The van der Waals surface area contributed by atoms with Gasteiger partial charge in [-0.3, -0.25) is 14.5 Å². The van der Waals surface area contributed by atoms with Gasteiger partial charge >= 0.3 is 0 Å². The zero-order valence-corrected chi connectivity index (χ0v) is 11.1. The molecule has 0 atom stereocenters. The molecule has 0 bridgehead atoms. The summed E-state index contributed by atoms with van der Waals surface area (Å²) >= 11 is 6.05. The maximum absolute atomic E-state index is 12.4. The van der Waals surface area contributed by atoms with E-state index >= 15 is 0 Å². The van der Waals surface area contributed by atoms with E-state index in [1.54, 1.807) is 16.9 Å². The van der Waals surface area contributed by atoms with Gasteiger partial charge in [0.05, 0.1) is 11.2 Å². The minimum Gasteiger partial charge on any atom is -0.285 e. The molecular weight excluding hydrogens is 250 g/mol. The van der Waals surface area contributed by atoms with Gasteiger partial charge in [0.2, 0.25) is 5.78 Å². The minimum atomic E-state index is -0.177. The first-order valence-electron chi connectivity index (χ1n) is 5.82. The second-order valence-electron chi connectivity index (χ2n) is 4.06. The molecule has 94 valence electrons. The highest BCUT2D eigenvalue weighted by atomic mass is 35.5. The predicted octanol–water partition coefficient (Wildman–Crippen LogP) is 2.88. The Balaban J connectivity index is 2.46. The molecule has 2 rings (SSSR count). The molecule has 0 fully saturated rings. The highest BCUT2D eigenvalue weighted by molar-refractivity contribution is 6.34. The van der Waals surface area contributed by atoms with Crippen LogP contribution in [0, 0.1) is 6.92 Å². The summed E-state index contributed by atoms with van der Waals surface area (Å²) in [6, 6.07) is 3.66. The fourth-order valence-electron chi connectivity index (χ4n) is 1.81. The lowest BCUT2D eigenvalue weighted by Crippen LogP contribution is -2.14. The lowest BCUT2D eigenvalue weighted by molar-refractivity contribution is 0.102. The monoisotopic (exact) mass is 263 g/mol. The van der Waals surface area contributed by atoms with Crippen LogP contribution in [0.4, 0.5) is 0 Å². The number of hydrogen-bond donors (Lipinski definition) is 0. The van der Waals surface area contributed by atoms with Crippen molar-refractivity contribution in [2.75, 3.05) is 0 Å². The van der Waals surface area contributed by atoms with Gasteiger partial charge in [-0.15, -0.1) is 0 Å². The number of aryl methyl sites for hydroxylation is 2. The fraction of sp³-hybridized carbons (Fsp3) is 0.308. The minimum absolute atomic E-state index is 0.177. The topological polar surface area (TPSA) is 47.8 Å². The molecule has 0 radical (unpaired) electrons. The molecule has 0 aromatic carbocycles. The van der Waals surface area contributed by atoms with E-state index in [1.807, 2.05) is 19.9 Å². The molecule has 2 aromatic heterocycles. The molecule has 0 aliphatic carbocycles. The summed E-state index contributed by atoms with van der Waals surface area (Å²) in [5.41, 5.74) is 1.68. The number of rotatable bonds is 4. The van der Waals surface area contributed by atoms with Crippen LogP contribution in [0.1, 0.15) is 35.1 Å². The molecular formula is C13H14ClN3O. The summed E-state index contributed by atoms with van der Waals surface area (Å²) < 4.78 is 1.64. The van der Waals surface area contributed by atoms with Gasteiger partial charge in [0.25, 0.3) is 0 Å². The lowest BCUT2D eigenvalue weighted by Gasteiger charge is -2.07. The van der Waals surface area contributed by atoms with Gasteiger partial charge in [-0.1, -0.05) is 24.6 Å². The molecule has 2 heterocycles. The van der Waals surface area contributed by atoms with E-state index in [4.69, 9.17) is 11.6 Å². The van der Waals surface area contributed by atoms with Crippen LogP contribution in [0.5, 0.6) is 0 Å². The second kappa shape index (κ2) is 5.31. The lowest BCUT2D eigenvalue weighted by atomic mass is 10.1. The first-order chi connectivity index (χ1) is 8.65. The van der Waals surface area contributed by atoms with Gasteiger partial charge in [-0.05, 0) is 25.0 Å². The number of halogens is 1. The second-order valence-corrected chi connectivity index (χ2v) is 4.47. The smallest absolute Gasteiger partial charge is 0.231 e. The van der Waals surface area contributed by atoms with Crippen LogP contribution in [-0.2, 0) is 6.54 Å². The van der Waals surface area contributed by atoms with E-state index in [1.165, 1.54) is 6.20 Å². The van der Waals surface area contributed by atoms with E-state index in [0.717, 1.165) is 12.0 Å². The van der Waals surface area contributed by atoms with Crippen LogP contribution < -0.4 is 0 Å². The zero-order chi connectivity index (χ0) is 13.1. The maximum Gasteiger partial charge on any atom is 0.231 e. The van der Waals surface area contributed by atoms with Crippen molar-refractivity contribution in [3.63, 3.8) is 0 Å². The summed E-state index contributed by atoms with van der Waals surface area (Å²) in [4.78, 5) is 16.6. The Bertz CT molecular complexity index is 577. The summed E-state index contributed by atoms with van der Waals surface area (Å²) in [6.45, 7) is 4.55. The van der Waals surface area contributed by atoms with Crippen LogP contribution in [0.3, 0.4) is 0 Å². The Kier molecular flexibility index (Phi) is 3.77. The van der Waals surface area contributed by atoms with Gasteiger partial charge in [-0.25, -0.2) is 0 Å². The zero-order valence-electron chi connectivity index (χ0n) is 10.4. The average molecular weight is 264 g/mol. The Morgan fingerprint density at radius 2 is 2.28 bits per heavy atom. The van der Waals surface area contributed by atoms with Crippen LogP contribution in [0.2, 0.25) is 5.02 Å². The molecule has 0 saturated carbocycles. The quantitative estimate of drug-likeness (QED) is 0.797. The number of hydrogen-bond acceptors (Lipinski definition) is 3. The highest BCUT2D eigenvalue weighted by Gasteiger charge is 2.21. The third-order valence-corrected chi connectivity index (χ3v) is 2.95. The number of ketones is 1. The average Bonchev–Trinajstić information content (AvgIpc) is 2.71. The Morgan fingerprint density at radius 3 is 2.94 bits per heavy atom. The van der Waals surface area contributed by atoms with E-state index in [9.17, 15) is 4.79 Å². The standard InChI is InChI=1S/C13H14ClN3O/c1-3-7-17-12(10(14)8-16-17)13(18)11-9(2)5-4-6-15-11/h4-6,8H,3,7H2,1-2H3. The van der Waals surface area contributed by atoms with Crippen LogP contribution in [-0.4, -0.2) is 20.5 Å². The summed E-state index contributed by atoms with van der Waals surface area (Å²) in [5.74, 6) is -0.177. The molecule has 0 N–H and O–H groups in total. The number of pyridine rings is 1. The molecule has 0 amide bonds. The largest absolute Gasteiger partial charge is 0.285 e. The van der Waals surface area contributed by atoms with Crippen LogP contribution >= 0.6 is 11.6 Å². The summed E-state index contributed by atoms with van der Waals surface area (Å²) in [5, 5.41) is 4.49. The van der Waals surface area contributed by atoms with Crippen molar-refractivity contribution in [1.82, 2.24) is 14.8 Å². The van der Waals surface area contributed by atoms with E-state index in [-0.39, 0.29) is 5.78 Å². The van der Waals surface area contributed by atoms with Crippen molar-refractivity contribution in [2.45, 2.75) is 26.8 Å². The number of nitrogens with zero attached hydrogens (tertiary/aromatic N) is 3. The molecule has 0 aliphatic rings. The first kappa shape index (κ1) is 12.8. The fourth-order valence-corrected chi connectivity index (χ4v) is 2.03. The van der Waals surface area contributed by atoms with Gasteiger partial charge in [0, 0.05) is 12.7 Å². The van der Waals surface area contributed by atoms with E-state index in [2.05, 4.69) is 10.1 Å². The van der Waals surface area contributed by atoms with E-state index < -0.39 is 0 Å². The van der Waals surface area contributed by atoms with Crippen molar-refractivity contribution in [1.29, 1.82) is 0 Å². The van der Waals surface area contributed by atoms with Gasteiger partial charge in [-0.2, -0.15) is 5.10 Å². The molecule has 0 aliphatic heterocycles. The Hall–Kier alpha value is -1.68. The third-order valence-electron chi connectivity index (χ3n) is 2.67. The number of carbonyl (C=O) groups is 1. The van der Waals surface area contributed by atoms with Crippen molar-refractivity contribution in [3.8, 4) is 0 Å². The summed E-state index contributed by atoms with van der Waals surface area (Å²) in [7, 11) is 0. The van der Waals surface area contributed by atoms with Crippen LogP contribution in [0.15, 0.2) is 24.5 Å². The number of aromatic nitrogens is 3. The molecule has 4 nitrogen and oxygen atoms in total. The first-order valence-corrected chi connectivity index (χ1v) is 6.20. The Labute approximate surface area is 111 Å². The molecule has 2 aromatic rings. The van der Waals surface area contributed by atoms with Crippen molar-refractivity contribution in [2.24, 2.45) is 0 Å². The summed E-state index contributed by atoms with van der Waals surface area (Å²) in [6.07, 6.45) is 4.00. The van der Waals surface area contributed by atoms with Crippen molar-refractivity contribution in [3.05, 3.63) is 46.5 Å². The predicted molar refractivity (Wildman–Crippen MR) is 69.9 cm³/mol. The highest BCUT2D eigenvalue weighted by Crippen LogP contribution is 2.20. The molecule has 0 unspecified atom stereocenters. The normalized spacial score (nSPS) is 10.6. The van der Waals surface area contributed by atoms with Gasteiger partial charge in [0.1, 0.15) is 11.4 Å². The third kappa shape index (κ3) is 2.29. The van der Waals surface area contributed by atoms with Crippen molar-refractivity contribution < 1.29 is 4.79 Å². The van der Waals surface area contributed by atoms with E-state index in [0.29, 0.717) is 23.0 Å². The SMILES string of the molecule is CCCn1ncc(Cl)c1C(=O)c1ncccc1C. The maximum atomic E-state index is 12.4. The Morgan fingerprint density at radius 1 is 1.50 bits per heavy atom. The van der Waals surface area contributed by atoms with Crippen LogP contribution in [0.25, 0.3) is 0 Å². The molecule has 18 heavy (non-hydrogen) atoms. The van der Waals surface area contributed by atoms with Gasteiger partial charge < -0.3 is 0 Å². The molecule has 0 spiro atoms. The van der Waals surface area contributed by atoms with Gasteiger partial charge in [0.15, 0.2) is 0 Å².